The zero-order valence-electron chi connectivity index (χ0n) is 5.51. The van der Waals surface area contributed by atoms with Crippen molar-refractivity contribution in [1.29, 1.82) is 0 Å². The highest BCUT2D eigenvalue weighted by molar-refractivity contribution is 4.29. The van der Waals surface area contributed by atoms with Gasteiger partial charge in [0, 0.05) is 13.2 Å². The van der Waals surface area contributed by atoms with Crippen LogP contribution >= 0.6 is 0 Å². The summed E-state index contributed by atoms with van der Waals surface area (Å²) in [6, 6.07) is 0. The predicted molar refractivity (Wildman–Crippen MR) is 33.8 cm³/mol. The van der Waals surface area contributed by atoms with Gasteiger partial charge in [0.25, 0.3) is 0 Å². The molecule has 0 aromatic rings. The molecule has 0 fully saturated rings. The molecule has 0 spiro atoms. The van der Waals surface area contributed by atoms with Gasteiger partial charge in [-0.1, -0.05) is 0 Å². The quantitative estimate of drug-likeness (QED) is 0.415. The van der Waals surface area contributed by atoms with Crippen LogP contribution in [0.5, 0.6) is 0 Å². The molecule has 55 valence electrons. The minimum Gasteiger partial charge on any atom is -0.396 e. The van der Waals surface area contributed by atoms with E-state index in [2.05, 4.69) is 6.92 Å². The third kappa shape index (κ3) is 7.88. The lowest BCUT2D eigenvalue weighted by Gasteiger charge is -2.00. The van der Waals surface area contributed by atoms with Crippen LogP contribution in [0.25, 0.3) is 0 Å². The summed E-state index contributed by atoms with van der Waals surface area (Å²) in [5.41, 5.74) is 0. The summed E-state index contributed by atoms with van der Waals surface area (Å²) in [6.07, 6.45) is 0.667. The number of aliphatic hydroxyl groups excluding tert-OH is 1. The van der Waals surface area contributed by atoms with Gasteiger partial charge in [-0.15, -0.1) is 0 Å². The van der Waals surface area contributed by atoms with Crippen LogP contribution in [0, 0.1) is 6.92 Å². The Morgan fingerprint density at radius 3 is 2.67 bits per heavy atom. The number of hydrogen-bond acceptors (Lipinski definition) is 3. The SMILES string of the molecule is [CH2]COCOCCCO. The zero-order chi connectivity index (χ0) is 6.95. The van der Waals surface area contributed by atoms with Gasteiger partial charge in [0.1, 0.15) is 6.79 Å². The van der Waals surface area contributed by atoms with E-state index >= 15 is 0 Å². The van der Waals surface area contributed by atoms with Crippen LogP contribution in [0.3, 0.4) is 0 Å². The van der Waals surface area contributed by atoms with Crippen molar-refractivity contribution in [2.45, 2.75) is 6.42 Å². The van der Waals surface area contributed by atoms with Crippen LogP contribution in [-0.4, -0.2) is 31.7 Å². The molecular formula is C6H13O3. The average Bonchev–Trinajstić information content (AvgIpc) is 1.89. The van der Waals surface area contributed by atoms with Crippen LogP contribution in [0.15, 0.2) is 0 Å². The van der Waals surface area contributed by atoms with Gasteiger partial charge in [0.2, 0.25) is 0 Å². The third-order valence-electron chi connectivity index (χ3n) is 0.758. The molecule has 0 aliphatic carbocycles. The minimum atomic E-state index is 0.171. The van der Waals surface area contributed by atoms with Crippen LogP contribution in [0.1, 0.15) is 6.42 Å². The molecule has 0 saturated carbocycles. The molecule has 0 amide bonds. The van der Waals surface area contributed by atoms with Gasteiger partial charge in [0.15, 0.2) is 0 Å². The van der Waals surface area contributed by atoms with Crippen LogP contribution in [0.4, 0.5) is 0 Å². The standard InChI is InChI=1S/C6H13O3/c1-2-8-6-9-5-3-4-7/h7H,1-6H2. The van der Waals surface area contributed by atoms with Gasteiger partial charge in [-0.05, 0) is 13.3 Å². The smallest absolute Gasteiger partial charge is 0.146 e. The summed E-state index contributed by atoms with van der Waals surface area (Å²) in [7, 11) is 0. The van der Waals surface area contributed by atoms with E-state index < -0.39 is 0 Å². The maximum Gasteiger partial charge on any atom is 0.146 e. The molecule has 0 saturated heterocycles. The van der Waals surface area contributed by atoms with Crippen molar-refractivity contribution in [3.63, 3.8) is 0 Å². The van der Waals surface area contributed by atoms with E-state index in [9.17, 15) is 0 Å². The molecule has 0 atom stereocenters. The lowest BCUT2D eigenvalue weighted by atomic mass is 10.5. The van der Waals surface area contributed by atoms with Crippen molar-refractivity contribution in [2.75, 3.05) is 26.6 Å². The molecular weight excluding hydrogens is 120 g/mol. The van der Waals surface area contributed by atoms with Crippen molar-refractivity contribution in [3.8, 4) is 0 Å². The van der Waals surface area contributed by atoms with Gasteiger partial charge in [-0.3, -0.25) is 0 Å². The van der Waals surface area contributed by atoms with Gasteiger partial charge in [0.05, 0.1) is 6.61 Å². The Morgan fingerprint density at radius 1 is 1.33 bits per heavy atom. The zero-order valence-corrected chi connectivity index (χ0v) is 5.51. The fraction of sp³-hybridized carbons (Fsp3) is 0.833. The Labute approximate surface area is 55.6 Å². The summed E-state index contributed by atoms with van der Waals surface area (Å²) in [5, 5.41) is 8.29. The second kappa shape index (κ2) is 7.88. The first kappa shape index (κ1) is 8.88. The fourth-order valence-electron chi connectivity index (χ4n) is 0.343. The molecule has 0 rings (SSSR count). The molecule has 3 nitrogen and oxygen atoms in total. The maximum atomic E-state index is 8.29. The first-order chi connectivity index (χ1) is 4.41. The van der Waals surface area contributed by atoms with Crippen LogP contribution < -0.4 is 0 Å². The maximum absolute atomic E-state index is 8.29. The molecule has 3 heteroatoms. The van der Waals surface area contributed by atoms with E-state index in [1.54, 1.807) is 0 Å². The number of rotatable bonds is 6. The first-order valence-corrected chi connectivity index (χ1v) is 2.97. The van der Waals surface area contributed by atoms with E-state index in [-0.39, 0.29) is 13.4 Å². The Balaban J connectivity index is 2.60. The third-order valence-corrected chi connectivity index (χ3v) is 0.758. The topological polar surface area (TPSA) is 38.7 Å². The molecule has 0 unspecified atom stereocenters. The van der Waals surface area contributed by atoms with Crippen molar-refractivity contribution in [2.24, 2.45) is 0 Å². The summed E-state index contributed by atoms with van der Waals surface area (Å²) in [4.78, 5) is 0. The Bertz CT molecular complexity index is 41.6. The first-order valence-electron chi connectivity index (χ1n) is 2.97. The van der Waals surface area contributed by atoms with Crippen molar-refractivity contribution >= 4 is 0 Å². The van der Waals surface area contributed by atoms with E-state index in [0.29, 0.717) is 19.6 Å². The Kier molecular flexibility index (Phi) is 7.77. The predicted octanol–water partition coefficient (Wildman–Crippen LogP) is 0.194. The molecule has 0 bridgehead atoms. The fourth-order valence-corrected chi connectivity index (χ4v) is 0.343. The van der Waals surface area contributed by atoms with Crippen molar-refractivity contribution < 1.29 is 14.6 Å². The van der Waals surface area contributed by atoms with Gasteiger partial charge < -0.3 is 14.6 Å². The highest BCUT2D eigenvalue weighted by Gasteiger charge is 1.84. The normalized spacial score (nSPS) is 10.0. The molecule has 0 heterocycles. The molecule has 1 N–H and O–H groups in total. The molecule has 1 radical (unpaired) electrons. The molecule has 0 aliphatic rings. The molecule has 0 aliphatic heterocycles. The van der Waals surface area contributed by atoms with Gasteiger partial charge in [-0.25, -0.2) is 0 Å². The van der Waals surface area contributed by atoms with Crippen molar-refractivity contribution in [1.82, 2.24) is 0 Å². The molecule has 9 heavy (non-hydrogen) atoms. The summed E-state index contributed by atoms with van der Waals surface area (Å²) < 4.78 is 9.66. The van der Waals surface area contributed by atoms with E-state index in [1.807, 2.05) is 0 Å². The average molecular weight is 133 g/mol. The lowest BCUT2D eigenvalue weighted by Crippen LogP contribution is -2.02. The van der Waals surface area contributed by atoms with E-state index in [4.69, 9.17) is 14.6 Å². The van der Waals surface area contributed by atoms with E-state index in [1.165, 1.54) is 0 Å². The monoisotopic (exact) mass is 133 g/mol. The summed E-state index contributed by atoms with van der Waals surface area (Å²) >= 11 is 0. The summed E-state index contributed by atoms with van der Waals surface area (Å²) in [6.45, 7) is 4.89. The Morgan fingerprint density at radius 2 is 2.11 bits per heavy atom. The number of hydrogen-bond donors (Lipinski definition) is 1. The van der Waals surface area contributed by atoms with Gasteiger partial charge >= 0.3 is 0 Å². The highest BCUT2D eigenvalue weighted by Crippen LogP contribution is 1.81. The van der Waals surface area contributed by atoms with E-state index in [0.717, 1.165) is 0 Å². The van der Waals surface area contributed by atoms with Crippen molar-refractivity contribution in [3.05, 3.63) is 6.92 Å². The molecule has 0 aromatic carbocycles. The largest absolute Gasteiger partial charge is 0.396 e. The van der Waals surface area contributed by atoms with Gasteiger partial charge in [-0.2, -0.15) is 0 Å². The Hall–Kier alpha value is -0.120. The van der Waals surface area contributed by atoms with Crippen LogP contribution in [-0.2, 0) is 9.47 Å². The second-order valence-electron chi connectivity index (χ2n) is 1.51. The lowest BCUT2D eigenvalue weighted by molar-refractivity contribution is -0.0473. The molecule has 0 aromatic heterocycles. The summed E-state index contributed by atoms with van der Waals surface area (Å²) in [5.74, 6) is 0. The second-order valence-corrected chi connectivity index (χ2v) is 1.51. The number of aliphatic hydroxyl groups is 1. The van der Waals surface area contributed by atoms with Crippen LogP contribution in [0.2, 0.25) is 0 Å². The minimum absolute atomic E-state index is 0.171. The number of ether oxygens (including phenoxy) is 2. The highest BCUT2D eigenvalue weighted by atomic mass is 16.7.